The standard InChI is InChI=1S/C17H24FNO4/c1-11-13(9-20)17(10-22-11,12-7-5-6-8-14(12)18)19-15(21)23-16(2,3)4/h5-8,11,13,20H,9-10H2,1-4H3,(H,19,21)/t11-,13?,17?/m1/s1. The van der Waals surface area contributed by atoms with Crippen LogP contribution in [0.2, 0.25) is 0 Å². The highest BCUT2D eigenvalue weighted by Crippen LogP contribution is 2.40. The number of hydrogen-bond donors (Lipinski definition) is 2. The topological polar surface area (TPSA) is 67.8 Å². The Morgan fingerprint density at radius 3 is 2.70 bits per heavy atom. The third-order valence-corrected chi connectivity index (χ3v) is 4.05. The molecule has 1 heterocycles. The lowest BCUT2D eigenvalue weighted by atomic mass is 9.78. The van der Waals surface area contributed by atoms with Gasteiger partial charge >= 0.3 is 6.09 Å². The van der Waals surface area contributed by atoms with Crippen LogP contribution < -0.4 is 5.32 Å². The highest BCUT2D eigenvalue weighted by atomic mass is 19.1. The Kier molecular flexibility index (Phi) is 4.96. The molecule has 0 aromatic heterocycles. The third-order valence-electron chi connectivity index (χ3n) is 4.05. The van der Waals surface area contributed by atoms with Crippen molar-refractivity contribution in [2.45, 2.75) is 44.9 Å². The number of halogens is 1. The molecule has 2 N–H and O–H groups in total. The van der Waals surface area contributed by atoms with Crippen molar-refractivity contribution < 1.29 is 23.8 Å². The monoisotopic (exact) mass is 325 g/mol. The molecule has 1 aliphatic heterocycles. The first-order chi connectivity index (χ1) is 10.7. The zero-order valence-electron chi connectivity index (χ0n) is 13.9. The van der Waals surface area contributed by atoms with Crippen molar-refractivity contribution in [2.24, 2.45) is 5.92 Å². The summed E-state index contributed by atoms with van der Waals surface area (Å²) >= 11 is 0. The van der Waals surface area contributed by atoms with Crippen LogP contribution in [0.3, 0.4) is 0 Å². The van der Waals surface area contributed by atoms with Gasteiger partial charge in [-0.05, 0) is 33.8 Å². The number of alkyl carbamates (subject to hydrolysis) is 1. The normalized spacial score (nSPS) is 27.7. The molecule has 128 valence electrons. The van der Waals surface area contributed by atoms with Crippen molar-refractivity contribution in [1.29, 1.82) is 0 Å². The number of carbonyl (C=O) groups excluding carboxylic acids is 1. The maximum absolute atomic E-state index is 14.4. The Morgan fingerprint density at radius 2 is 2.13 bits per heavy atom. The summed E-state index contributed by atoms with van der Waals surface area (Å²) in [6, 6.07) is 6.18. The summed E-state index contributed by atoms with van der Waals surface area (Å²) < 4.78 is 25.3. The fourth-order valence-corrected chi connectivity index (χ4v) is 2.97. The van der Waals surface area contributed by atoms with Crippen molar-refractivity contribution in [1.82, 2.24) is 5.32 Å². The summed E-state index contributed by atoms with van der Waals surface area (Å²) in [5, 5.41) is 12.5. The second-order valence-corrected chi connectivity index (χ2v) is 6.88. The highest BCUT2D eigenvalue weighted by molar-refractivity contribution is 5.69. The minimum Gasteiger partial charge on any atom is -0.444 e. The second kappa shape index (κ2) is 6.45. The SMILES string of the molecule is C[C@H]1OCC(NC(=O)OC(C)(C)C)(c2ccccc2F)C1CO. The molecular formula is C17H24FNO4. The van der Waals surface area contributed by atoms with Crippen molar-refractivity contribution in [3.05, 3.63) is 35.6 Å². The average molecular weight is 325 g/mol. The summed E-state index contributed by atoms with van der Waals surface area (Å²) in [6.45, 7) is 6.87. The van der Waals surface area contributed by atoms with E-state index in [1.54, 1.807) is 45.9 Å². The summed E-state index contributed by atoms with van der Waals surface area (Å²) in [5.74, 6) is -0.938. The number of ether oxygens (including phenoxy) is 2. The molecule has 0 radical (unpaired) electrons. The van der Waals surface area contributed by atoms with Crippen molar-refractivity contribution in [3.63, 3.8) is 0 Å². The third kappa shape index (κ3) is 3.64. The molecule has 0 saturated carbocycles. The van der Waals surface area contributed by atoms with Gasteiger partial charge in [-0.3, -0.25) is 0 Å². The fraction of sp³-hybridized carbons (Fsp3) is 0.588. The van der Waals surface area contributed by atoms with Crippen LogP contribution in [0.25, 0.3) is 0 Å². The first kappa shape index (κ1) is 17.7. The van der Waals surface area contributed by atoms with Gasteiger partial charge in [0, 0.05) is 11.5 Å². The van der Waals surface area contributed by atoms with Gasteiger partial charge < -0.3 is 19.9 Å². The van der Waals surface area contributed by atoms with Crippen LogP contribution in [0.1, 0.15) is 33.3 Å². The first-order valence-electron chi connectivity index (χ1n) is 7.68. The molecule has 2 unspecified atom stereocenters. The number of nitrogens with one attached hydrogen (secondary N) is 1. The molecule has 23 heavy (non-hydrogen) atoms. The molecule has 0 spiro atoms. The van der Waals surface area contributed by atoms with Crippen LogP contribution in [0.15, 0.2) is 24.3 Å². The van der Waals surface area contributed by atoms with E-state index >= 15 is 0 Å². The van der Waals surface area contributed by atoms with E-state index in [0.717, 1.165) is 0 Å². The van der Waals surface area contributed by atoms with E-state index < -0.39 is 29.0 Å². The summed E-state index contributed by atoms with van der Waals surface area (Å²) in [7, 11) is 0. The predicted molar refractivity (Wildman–Crippen MR) is 83.4 cm³/mol. The zero-order chi connectivity index (χ0) is 17.3. The van der Waals surface area contributed by atoms with Gasteiger partial charge in [-0.1, -0.05) is 18.2 Å². The van der Waals surface area contributed by atoms with Crippen LogP contribution in [-0.4, -0.2) is 36.1 Å². The summed E-state index contributed by atoms with van der Waals surface area (Å²) in [6.07, 6.45) is -0.994. The second-order valence-electron chi connectivity index (χ2n) is 6.88. The zero-order valence-corrected chi connectivity index (χ0v) is 13.9. The van der Waals surface area contributed by atoms with Gasteiger partial charge in [0.15, 0.2) is 0 Å². The molecular weight excluding hydrogens is 301 g/mol. The maximum Gasteiger partial charge on any atom is 0.408 e. The Morgan fingerprint density at radius 1 is 1.48 bits per heavy atom. The van der Waals surface area contributed by atoms with E-state index in [-0.39, 0.29) is 24.9 Å². The largest absolute Gasteiger partial charge is 0.444 e. The number of rotatable bonds is 3. The highest BCUT2D eigenvalue weighted by Gasteiger charge is 2.51. The van der Waals surface area contributed by atoms with Crippen LogP contribution in [0, 0.1) is 11.7 Å². The number of benzene rings is 1. The molecule has 0 aliphatic carbocycles. The van der Waals surface area contributed by atoms with Gasteiger partial charge in [-0.25, -0.2) is 9.18 Å². The number of carbonyl (C=O) groups is 1. The maximum atomic E-state index is 14.4. The molecule has 1 aromatic rings. The molecule has 0 bridgehead atoms. The number of hydrogen-bond acceptors (Lipinski definition) is 4. The van der Waals surface area contributed by atoms with E-state index in [1.165, 1.54) is 6.07 Å². The lowest BCUT2D eigenvalue weighted by molar-refractivity contribution is 0.0390. The van der Waals surface area contributed by atoms with Gasteiger partial charge in [0.25, 0.3) is 0 Å². The van der Waals surface area contributed by atoms with E-state index in [4.69, 9.17) is 9.47 Å². The smallest absolute Gasteiger partial charge is 0.408 e. The van der Waals surface area contributed by atoms with Gasteiger partial charge in [-0.2, -0.15) is 0 Å². The lowest BCUT2D eigenvalue weighted by Crippen LogP contribution is -2.54. The number of aliphatic hydroxyl groups is 1. The van der Waals surface area contributed by atoms with E-state index in [1.807, 2.05) is 0 Å². The van der Waals surface area contributed by atoms with Gasteiger partial charge in [0.2, 0.25) is 0 Å². The van der Waals surface area contributed by atoms with Crippen molar-refractivity contribution in [2.75, 3.05) is 13.2 Å². The molecule has 5 nitrogen and oxygen atoms in total. The fourth-order valence-electron chi connectivity index (χ4n) is 2.97. The minimum absolute atomic E-state index is 0.0690. The van der Waals surface area contributed by atoms with Crippen molar-refractivity contribution in [3.8, 4) is 0 Å². The summed E-state index contributed by atoms with van der Waals surface area (Å²) in [5.41, 5.74) is -1.56. The number of aliphatic hydroxyl groups excluding tert-OH is 1. The molecule has 1 saturated heterocycles. The molecule has 1 fully saturated rings. The Bertz CT molecular complexity index is 572. The first-order valence-corrected chi connectivity index (χ1v) is 7.68. The van der Waals surface area contributed by atoms with Crippen molar-refractivity contribution >= 4 is 6.09 Å². The number of amides is 1. The lowest BCUT2D eigenvalue weighted by Gasteiger charge is -2.36. The predicted octanol–water partition coefficient (Wildman–Crippen LogP) is 2.57. The molecule has 1 aliphatic rings. The Balaban J connectivity index is 2.41. The van der Waals surface area contributed by atoms with Gasteiger partial charge in [-0.15, -0.1) is 0 Å². The van der Waals surface area contributed by atoms with Crippen LogP contribution in [0.4, 0.5) is 9.18 Å². The minimum atomic E-state index is -1.16. The van der Waals surface area contributed by atoms with E-state index in [2.05, 4.69) is 5.32 Å². The molecule has 3 atom stereocenters. The van der Waals surface area contributed by atoms with Crippen LogP contribution in [0.5, 0.6) is 0 Å². The van der Waals surface area contributed by atoms with Gasteiger partial charge in [0.05, 0.1) is 19.3 Å². The Labute approximate surface area is 135 Å². The van der Waals surface area contributed by atoms with E-state index in [0.29, 0.717) is 0 Å². The average Bonchev–Trinajstić information content (AvgIpc) is 2.74. The molecule has 1 aromatic carbocycles. The van der Waals surface area contributed by atoms with Crippen LogP contribution >= 0.6 is 0 Å². The quantitative estimate of drug-likeness (QED) is 0.896. The van der Waals surface area contributed by atoms with E-state index in [9.17, 15) is 14.3 Å². The molecule has 6 heteroatoms. The summed E-state index contributed by atoms with van der Waals surface area (Å²) in [4.78, 5) is 12.3. The Hall–Kier alpha value is -1.66. The van der Waals surface area contributed by atoms with Gasteiger partial charge in [0.1, 0.15) is 17.0 Å². The van der Waals surface area contributed by atoms with Crippen LogP contribution in [-0.2, 0) is 15.0 Å². The molecule has 1 amide bonds. The molecule has 2 rings (SSSR count).